The number of carbonyl (C=O) groups is 1. The highest BCUT2D eigenvalue weighted by Gasteiger charge is 1.99. The third-order valence-corrected chi connectivity index (χ3v) is 1.95. The molecule has 0 saturated heterocycles. The summed E-state index contributed by atoms with van der Waals surface area (Å²) < 4.78 is 0. The van der Waals surface area contributed by atoms with Crippen LogP contribution < -0.4 is 11.3 Å². The molecule has 0 aliphatic rings. The Labute approximate surface area is 62.8 Å². The molecular formula is C6H8N2OS. The van der Waals surface area contributed by atoms with Crippen LogP contribution in [0.25, 0.3) is 0 Å². The van der Waals surface area contributed by atoms with Gasteiger partial charge in [-0.2, -0.15) is 0 Å². The number of thiophene rings is 1. The number of hydrogen-bond donors (Lipinski definition) is 2. The van der Waals surface area contributed by atoms with E-state index in [1.165, 1.54) is 0 Å². The van der Waals surface area contributed by atoms with Gasteiger partial charge in [0.1, 0.15) is 0 Å². The van der Waals surface area contributed by atoms with Crippen LogP contribution in [0, 0.1) is 0 Å². The van der Waals surface area contributed by atoms with Crippen LogP contribution in [0.4, 0.5) is 0 Å². The van der Waals surface area contributed by atoms with Gasteiger partial charge in [0.05, 0.1) is 6.42 Å². The second-order valence-corrected chi connectivity index (χ2v) is 2.86. The molecule has 4 heteroatoms. The summed E-state index contributed by atoms with van der Waals surface area (Å²) in [6.07, 6.45) is 0.383. The fourth-order valence-electron chi connectivity index (χ4n) is 0.622. The minimum Gasteiger partial charge on any atom is -0.294 e. The van der Waals surface area contributed by atoms with Crippen molar-refractivity contribution in [2.75, 3.05) is 0 Å². The van der Waals surface area contributed by atoms with Crippen LogP contribution in [0.15, 0.2) is 17.5 Å². The molecule has 0 bridgehead atoms. The average molecular weight is 156 g/mol. The Bertz CT molecular complexity index is 208. The van der Waals surface area contributed by atoms with E-state index in [1.54, 1.807) is 11.3 Å². The van der Waals surface area contributed by atoms with Crippen molar-refractivity contribution in [2.45, 2.75) is 6.42 Å². The Morgan fingerprint density at radius 2 is 2.60 bits per heavy atom. The molecule has 1 aromatic heterocycles. The fraction of sp³-hybridized carbons (Fsp3) is 0.167. The maximum Gasteiger partial charge on any atom is 0.239 e. The molecule has 0 spiro atoms. The van der Waals surface area contributed by atoms with Gasteiger partial charge in [-0.1, -0.05) is 6.07 Å². The smallest absolute Gasteiger partial charge is 0.239 e. The summed E-state index contributed by atoms with van der Waals surface area (Å²) >= 11 is 1.55. The van der Waals surface area contributed by atoms with Gasteiger partial charge in [-0.15, -0.1) is 11.3 Å². The number of amides is 1. The van der Waals surface area contributed by atoms with Crippen molar-refractivity contribution in [1.29, 1.82) is 0 Å². The van der Waals surface area contributed by atoms with E-state index >= 15 is 0 Å². The van der Waals surface area contributed by atoms with Crippen molar-refractivity contribution in [3.05, 3.63) is 22.4 Å². The molecule has 1 heterocycles. The Hall–Kier alpha value is -0.870. The third-order valence-electron chi connectivity index (χ3n) is 1.08. The molecule has 0 aliphatic carbocycles. The van der Waals surface area contributed by atoms with Crippen molar-refractivity contribution >= 4 is 17.2 Å². The van der Waals surface area contributed by atoms with Crippen molar-refractivity contribution in [2.24, 2.45) is 5.84 Å². The summed E-state index contributed by atoms with van der Waals surface area (Å²) in [6.45, 7) is 0. The van der Waals surface area contributed by atoms with E-state index in [-0.39, 0.29) is 5.91 Å². The number of hydrazine groups is 1. The molecule has 0 aliphatic heterocycles. The van der Waals surface area contributed by atoms with Gasteiger partial charge in [0.2, 0.25) is 5.91 Å². The molecule has 10 heavy (non-hydrogen) atoms. The quantitative estimate of drug-likeness (QED) is 0.367. The van der Waals surface area contributed by atoms with E-state index in [9.17, 15) is 4.79 Å². The van der Waals surface area contributed by atoms with Crippen LogP contribution >= 0.6 is 11.3 Å². The number of nitrogens with two attached hydrogens (primary N) is 1. The molecule has 1 amide bonds. The van der Waals surface area contributed by atoms with Crippen LogP contribution in [0.2, 0.25) is 0 Å². The number of nitrogens with one attached hydrogen (secondary N) is 1. The van der Waals surface area contributed by atoms with Gasteiger partial charge in [0.25, 0.3) is 0 Å². The predicted octanol–water partition coefficient (Wildman–Crippen LogP) is 0.280. The zero-order chi connectivity index (χ0) is 7.40. The first-order chi connectivity index (χ1) is 4.83. The lowest BCUT2D eigenvalue weighted by atomic mass is 10.3. The summed E-state index contributed by atoms with van der Waals surface area (Å²) in [5.74, 6) is 4.74. The van der Waals surface area contributed by atoms with E-state index in [4.69, 9.17) is 5.84 Å². The monoisotopic (exact) mass is 156 g/mol. The number of carbonyl (C=O) groups excluding carboxylic acids is 1. The molecule has 0 atom stereocenters. The minimum atomic E-state index is -0.151. The Morgan fingerprint density at radius 3 is 3.10 bits per heavy atom. The number of rotatable bonds is 2. The first-order valence-corrected chi connectivity index (χ1v) is 3.72. The summed E-state index contributed by atoms with van der Waals surface area (Å²) in [6, 6.07) is 3.81. The predicted molar refractivity (Wildman–Crippen MR) is 40.4 cm³/mol. The Balaban J connectivity index is 2.48. The van der Waals surface area contributed by atoms with Gasteiger partial charge in [0, 0.05) is 4.88 Å². The molecule has 0 aromatic carbocycles. The Kier molecular flexibility index (Phi) is 2.42. The fourth-order valence-corrected chi connectivity index (χ4v) is 1.33. The molecule has 0 radical (unpaired) electrons. The molecule has 1 aromatic rings. The van der Waals surface area contributed by atoms with Gasteiger partial charge in [0.15, 0.2) is 0 Å². The molecule has 0 saturated carbocycles. The highest BCUT2D eigenvalue weighted by atomic mass is 32.1. The average Bonchev–Trinajstić information content (AvgIpc) is 2.40. The molecule has 54 valence electrons. The maximum atomic E-state index is 10.6. The molecule has 0 unspecified atom stereocenters. The zero-order valence-electron chi connectivity index (χ0n) is 5.33. The summed E-state index contributed by atoms with van der Waals surface area (Å²) in [7, 11) is 0. The van der Waals surface area contributed by atoms with Gasteiger partial charge < -0.3 is 0 Å². The summed E-state index contributed by atoms with van der Waals surface area (Å²) in [5.41, 5.74) is 2.07. The van der Waals surface area contributed by atoms with Crippen LogP contribution in [0.5, 0.6) is 0 Å². The topological polar surface area (TPSA) is 55.1 Å². The van der Waals surface area contributed by atoms with E-state index in [1.807, 2.05) is 17.5 Å². The van der Waals surface area contributed by atoms with Crippen LogP contribution in [-0.2, 0) is 11.2 Å². The molecule has 0 fully saturated rings. The summed E-state index contributed by atoms with van der Waals surface area (Å²) in [5, 5.41) is 1.93. The molecule has 3 nitrogen and oxygen atoms in total. The van der Waals surface area contributed by atoms with Crippen LogP contribution in [-0.4, -0.2) is 5.91 Å². The lowest BCUT2D eigenvalue weighted by molar-refractivity contribution is -0.120. The third kappa shape index (κ3) is 1.82. The van der Waals surface area contributed by atoms with Crippen molar-refractivity contribution in [3.8, 4) is 0 Å². The maximum absolute atomic E-state index is 10.6. The highest BCUT2D eigenvalue weighted by molar-refractivity contribution is 7.10. The normalized spacial score (nSPS) is 9.30. The van der Waals surface area contributed by atoms with Gasteiger partial charge in [-0.25, -0.2) is 5.84 Å². The zero-order valence-corrected chi connectivity index (χ0v) is 6.15. The van der Waals surface area contributed by atoms with Crippen molar-refractivity contribution < 1.29 is 4.79 Å². The highest BCUT2D eigenvalue weighted by Crippen LogP contribution is 2.08. The van der Waals surface area contributed by atoms with Gasteiger partial charge in [-0.05, 0) is 11.4 Å². The number of hydrogen-bond acceptors (Lipinski definition) is 3. The van der Waals surface area contributed by atoms with Crippen molar-refractivity contribution in [3.63, 3.8) is 0 Å². The van der Waals surface area contributed by atoms with E-state index < -0.39 is 0 Å². The lowest BCUT2D eigenvalue weighted by Gasteiger charge is -1.93. The first kappa shape index (κ1) is 7.24. The SMILES string of the molecule is NNC(=O)Cc1cccs1. The van der Waals surface area contributed by atoms with E-state index in [0.717, 1.165) is 4.88 Å². The van der Waals surface area contributed by atoms with Gasteiger partial charge >= 0.3 is 0 Å². The minimum absolute atomic E-state index is 0.151. The first-order valence-electron chi connectivity index (χ1n) is 2.85. The van der Waals surface area contributed by atoms with E-state index in [2.05, 4.69) is 5.43 Å². The van der Waals surface area contributed by atoms with Gasteiger partial charge in [-0.3, -0.25) is 10.2 Å². The molecular weight excluding hydrogens is 148 g/mol. The standard InChI is InChI=1S/C6H8N2OS/c7-8-6(9)4-5-2-1-3-10-5/h1-3H,4,7H2,(H,8,9). The van der Waals surface area contributed by atoms with Crippen molar-refractivity contribution in [1.82, 2.24) is 5.43 Å². The molecule has 1 rings (SSSR count). The molecule has 3 N–H and O–H groups in total. The second kappa shape index (κ2) is 3.34. The largest absolute Gasteiger partial charge is 0.294 e. The Morgan fingerprint density at radius 1 is 1.80 bits per heavy atom. The lowest BCUT2D eigenvalue weighted by Crippen LogP contribution is -2.31. The second-order valence-electron chi connectivity index (χ2n) is 1.82. The van der Waals surface area contributed by atoms with Crippen LogP contribution in [0.3, 0.4) is 0 Å². The van der Waals surface area contributed by atoms with E-state index in [0.29, 0.717) is 6.42 Å². The summed E-state index contributed by atoms with van der Waals surface area (Å²) in [4.78, 5) is 11.7. The van der Waals surface area contributed by atoms with Crippen LogP contribution in [0.1, 0.15) is 4.88 Å².